The predicted octanol–water partition coefficient (Wildman–Crippen LogP) is 0.253. The number of rotatable bonds is 0. The molecule has 0 saturated carbocycles. The summed E-state index contributed by atoms with van der Waals surface area (Å²) < 4.78 is 0. The van der Waals surface area contributed by atoms with Gasteiger partial charge in [-0.15, -0.1) is 0 Å². The van der Waals surface area contributed by atoms with Crippen LogP contribution in [0.4, 0.5) is 0 Å². The van der Waals surface area contributed by atoms with Gasteiger partial charge in [0.05, 0.1) is 0 Å². The van der Waals surface area contributed by atoms with Crippen molar-refractivity contribution in [2.75, 3.05) is 0 Å². The molecule has 94 valence electrons. The third kappa shape index (κ3) is 1.16. The average molecular weight is 258 g/mol. The van der Waals surface area contributed by atoms with Gasteiger partial charge in [0.2, 0.25) is 12.0 Å². The fourth-order valence-electron chi connectivity index (χ4n) is 3.50. The van der Waals surface area contributed by atoms with E-state index in [1.807, 2.05) is 6.21 Å². The van der Waals surface area contributed by atoms with Crippen LogP contribution in [0, 0.1) is 0 Å². The van der Waals surface area contributed by atoms with Gasteiger partial charge in [0.1, 0.15) is 0 Å². The highest BCUT2D eigenvalue weighted by molar-refractivity contribution is 5.89. The van der Waals surface area contributed by atoms with E-state index < -0.39 is 0 Å². The quantitative estimate of drug-likeness (QED) is 0.708. The Morgan fingerprint density at radius 2 is 1.90 bits per heavy atom. The molecule has 0 bridgehead atoms. The maximum atomic E-state index is 5.55. The third-order valence-corrected chi connectivity index (χ3v) is 4.36. The summed E-state index contributed by atoms with van der Waals surface area (Å²) in [5.74, 6) is 1.28. The summed E-state index contributed by atoms with van der Waals surface area (Å²) in [6.45, 7) is 0. The average Bonchev–Trinajstić information content (AvgIpc) is 2.52. The summed E-state index contributed by atoms with van der Waals surface area (Å²) in [6, 6.07) is 2.13. The van der Waals surface area contributed by atoms with Gasteiger partial charge in [-0.1, -0.05) is 42.5 Å². The first-order valence-electron chi connectivity index (χ1n) is 6.83. The van der Waals surface area contributed by atoms with Crippen LogP contribution in [0.2, 0.25) is 0 Å². The number of benzene rings is 1. The van der Waals surface area contributed by atoms with Crippen molar-refractivity contribution in [1.29, 1.82) is 0 Å². The van der Waals surface area contributed by atoms with Crippen LogP contribution < -0.4 is 20.4 Å². The van der Waals surface area contributed by atoms with E-state index in [-0.39, 0.29) is 0 Å². The summed E-state index contributed by atoms with van der Waals surface area (Å²) in [5, 5.41) is 5.24. The topological polar surface area (TPSA) is 23.2 Å². The molecule has 20 heavy (non-hydrogen) atoms. The Balaban J connectivity index is 1.98. The van der Waals surface area contributed by atoms with Gasteiger partial charge in [-0.05, 0) is 38.7 Å². The number of hydrogen-bond acceptors (Lipinski definition) is 1. The van der Waals surface area contributed by atoms with Crippen molar-refractivity contribution >= 4 is 24.4 Å². The van der Waals surface area contributed by atoms with Crippen molar-refractivity contribution in [2.45, 2.75) is 5.92 Å². The lowest BCUT2D eigenvalue weighted by atomic mass is 9.73. The van der Waals surface area contributed by atoms with Gasteiger partial charge in [0, 0.05) is 17.2 Å². The highest BCUT2D eigenvalue weighted by Gasteiger charge is 2.29. The SMILES string of the molecule is C1=CC2=CC=c3cc4c(c5c3C2C(=C1)C=C5)=CC=[NH+]O4. The molecule has 1 unspecified atom stereocenters. The number of hydrogen-bond donors (Lipinski definition) is 1. The Morgan fingerprint density at radius 1 is 0.950 bits per heavy atom. The molecule has 1 aliphatic heterocycles. The molecule has 3 aliphatic carbocycles. The molecule has 0 amide bonds. The van der Waals surface area contributed by atoms with Crippen LogP contribution in [0.5, 0.6) is 5.75 Å². The zero-order valence-corrected chi connectivity index (χ0v) is 10.8. The van der Waals surface area contributed by atoms with E-state index in [2.05, 4.69) is 59.8 Å². The number of allylic oxidation sites excluding steroid dienone is 7. The predicted molar refractivity (Wildman–Crippen MR) is 79.4 cm³/mol. The molecule has 2 heteroatoms. The van der Waals surface area contributed by atoms with Gasteiger partial charge < -0.3 is 0 Å². The van der Waals surface area contributed by atoms with E-state index in [1.54, 1.807) is 0 Å². The number of fused-ring (bicyclic) bond motifs is 2. The van der Waals surface area contributed by atoms with Gasteiger partial charge in [0.15, 0.2) is 0 Å². The van der Waals surface area contributed by atoms with Gasteiger partial charge in [-0.2, -0.15) is 0 Å². The first kappa shape index (κ1) is 10.2. The maximum Gasteiger partial charge on any atom is 0.214 e. The van der Waals surface area contributed by atoms with Crippen LogP contribution in [-0.2, 0) is 0 Å². The normalized spacial score (nSPS) is 22.7. The van der Waals surface area contributed by atoms with E-state index in [1.165, 1.54) is 32.7 Å². The summed E-state index contributed by atoms with van der Waals surface area (Å²) in [7, 11) is 0. The largest absolute Gasteiger partial charge is 0.239 e. The van der Waals surface area contributed by atoms with Crippen molar-refractivity contribution in [2.24, 2.45) is 0 Å². The van der Waals surface area contributed by atoms with Crippen LogP contribution in [-0.4, -0.2) is 6.21 Å². The van der Waals surface area contributed by atoms with E-state index in [0.29, 0.717) is 5.92 Å². The van der Waals surface area contributed by atoms with Crippen LogP contribution in [0.15, 0.2) is 47.6 Å². The second kappa shape index (κ2) is 3.48. The van der Waals surface area contributed by atoms with Crippen LogP contribution in [0.25, 0.3) is 18.2 Å². The Labute approximate surface area is 116 Å². The van der Waals surface area contributed by atoms with Gasteiger partial charge in [-0.3, -0.25) is 0 Å². The Hall–Kier alpha value is -2.61. The monoisotopic (exact) mass is 258 g/mol. The first-order valence-corrected chi connectivity index (χ1v) is 6.83. The molecule has 0 saturated heterocycles. The third-order valence-electron chi connectivity index (χ3n) is 4.36. The second-order valence-electron chi connectivity index (χ2n) is 5.38. The highest BCUT2D eigenvalue weighted by Crippen LogP contribution is 2.40. The minimum atomic E-state index is 0.383. The minimum absolute atomic E-state index is 0.383. The standard InChI is InChI=1S/C18H11NO/c1-2-11-4-5-13-10-16-14(8-9-19-20-16)15-7-6-12(3-1)17(11)18(13)15/h1-10,17H/p+1. The van der Waals surface area contributed by atoms with Gasteiger partial charge >= 0.3 is 0 Å². The van der Waals surface area contributed by atoms with Crippen LogP contribution in [0.1, 0.15) is 17.0 Å². The molecule has 0 radical (unpaired) electrons. The minimum Gasteiger partial charge on any atom is -0.239 e. The van der Waals surface area contributed by atoms with Gasteiger partial charge in [-0.25, -0.2) is 4.84 Å². The van der Waals surface area contributed by atoms with Crippen molar-refractivity contribution in [3.8, 4) is 5.75 Å². The molecule has 1 aromatic rings. The molecule has 1 N–H and O–H groups in total. The van der Waals surface area contributed by atoms with Gasteiger partial charge in [0.25, 0.3) is 0 Å². The zero-order chi connectivity index (χ0) is 13.1. The first-order chi connectivity index (χ1) is 9.92. The second-order valence-corrected chi connectivity index (χ2v) is 5.38. The van der Waals surface area contributed by atoms with E-state index in [9.17, 15) is 0 Å². The molecule has 0 spiro atoms. The lowest BCUT2D eigenvalue weighted by Gasteiger charge is -2.30. The summed E-state index contributed by atoms with van der Waals surface area (Å²) >= 11 is 0. The molecular weight excluding hydrogens is 246 g/mol. The van der Waals surface area contributed by atoms with E-state index >= 15 is 0 Å². The Bertz CT molecular complexity index is 923. The molecule has 0 fully saturated rings. The molecular formula is C18H12NO+. The molecule has 2 nitrogen and oxygen atoms in total. The molecule has 4 aliphatic rings. The number of nitrogens with one attached hydrogen (secondary N) is 1. The van der Waals surface area contributed by atoms with Crippen LogP contribution in [0.3, 0.4) is 0 Å². The lowest BCUT2D eigenvalue weighted by Crippen LogP contribution is -2.73. The zero-order valence-electron chi connectivity index (χ0n) is 10.8. The Morgan fingerprint density at radius 3 is 2.90 bits per heavy atom. The fraction of sp³-hybridized carbons (Fsp3) is 0.0556. The van der Waals surface area contributed by atoms with E-state index in [4.69, 9.17) is 4.84 Å². The molecule has 0 aromatic heterocycles. The van der Waals surface area contributed by atoms with E-state index in [0.717, 1.165) is 5.75 Å². The highest BCUT2D eigenvalue weighted by atomic mass is 16.6. The summed E-state index contributed by atoms with van der Waals surface area (Å²) in [5.41, 5.74) is 5.45. The molecule has 1 heterocycles. The van der Waals surface area contributed by atoms with Crippen molar-refractivity contribution in [3.63, 3.8) is 0 Å². The maximum absolute atomic E-state index is 5.55. The van der Waals surface area contributed by atoms with Crippen molar-refractivity contribution in [3.05, 3.63) is 69.2 Å². The molecule has 5 rings (SSSR count). The van der Waals surface area contributed by atoms with Crippen molar-refractivity contribution in [1.82, 2.24) is 0 Å². The molecule has 1 aromatic carbocycles. The smallest absolute Gasteiger partial charge is 0.214 e. The van der Waals surface area contributed by atoms with Crippen molar-refractivity contribution < 1.29 is 9.99 Å². The molecule has 1 atom stereocenters. The fourth-order valence-corrected chi connectivity index (χ4v) is 3.50. The summed E-state index contributed by atoms with van der Waals surface area (Å²) in [4.78, 5) is 5.55. The summed E-state index contributed by atoms with van der Waals surface area (Å²) in [6.07, 6.45) is 19.4. The Kier molecular flexibility index (Phi) is 1.78. The lowest BCUT2D eigenvalue weighted by molar-refractivity contribution is -0.700. The van der Waals surface area contributed by atoms with Crippen LogP contribution >= 0.6 is 0 Å².